The number of rotatable bonds is 6. The molecule has 0 saturated carbocycles. The molecular formula is C19H25ClN4O2S. The van der Waals surface area contributed by atoms with Crippen LogP contribution in [-0.2, 0) is 18.4 Å². The summed E-state index contributed by atoms with van der Waals surface area (Å²) in [5, 5.41) is 9.64. The number of aromatic nitrogens is 3. The predicted molar refractivity (Wildman–Crippen MR) is 107 cm³/mol. The standard InChI is InChI=1S/C19H25ClN4O2S/c1-13-7-6-8-14(2)24(13)18(25)12-27-19-22-21-17(23(19)3)11-26-16-10-5-4-9-15(16)20/h4-5,9-10,13-14H,6-8,11-12H2,1-3H3. The fourth-order valence-corrected chi connectivity index (χ4v) is 4.40. The monoisotopic (exact) mass is 408 g/mol. The Morgan fingerprint density at radius 3 is 2.67 bits per heavy atom. The predicted octanol–water partition coefficient (Wildman–Crippen LogP) is 3.93. The summed E-state index contributed by atoms with van der Waals surface area (Å²) in [6, 6.07) is 7.93. The largest absolute Gasteiger partial charge is 0.484 e. The molecule has 0 N–H and O–H groups in total. The number of halogens is 1. The Bertz CT molecular complexity index is 788. The van der Waals surface area contributed by atoms with Crippen LogP contribution in [0, 0.1) is 0 Å². The van der Waals surface area contributed by atoms with E-state index in [9.17, 15) is 4.79 Å². The van der Waals surface area contributed by atoms with Crippen LogP contribution in [0.5, 0.6) is 5.75 Å². The Morgan fingerprint density at radius 2 is 1.96 bits per heavy atom. The summed E-state index contributed by atoms with van der Waals surface area (Å²) in [5.41, 5.74) is 0. The van der Waals surface area contributed by atoms with Gasteiger partial charge in [0.25, 0.3) is 0 Å². The Morgan fingerprint density at radius 1 is 1.26 bits per heavy atom. The number of piperidine rings is 1. The second-order valence-corrected chi connectivity index (χ2v) is 8.25. The van der Waals surface area contributed by atoms with Crippen molar-refractivity contribution in [3.63, 3.8) is 0 Å². The molecule has 2 heterocycles. The van der Waals surface area contributed by atoms with Crippen molar-refractivity contribution in [1.82, 2.24) is 19.7 Å². The molecule has 3 rings (SSSR count). The minimum Gasteiger partial charge on any atom is -0.484 e. The lowest BCUT2D eigenvalue weighted by Gasteiger charge is -2.39. The van der Waals surface area contributed by atoms with Crippen LogP contribution in [0.2, 0.25) is 5.02 Å². The first-order valence-electron chi connectivity index (χ1n) is 9.17. The van der Waals surface area contributed by atoms with E-state index in [1.807, 2.05) is 34.7 Å². The molecule has 1 amide bonds. The van der Waals surface area contributed by atoms with Crippen LogP contribution in [0.25, 0.3) is 0 Å². The van der Waals surface area contributed by atoms with Crippen molar-refractivity contribution in [3.05, 3.63) is 35.1 Å². The Hall–Kier alpha value is -1.73. The minimum atomic E-state index is 0.163. The number of likely N-dealkylation sites (tertiary alicyclic amines) is 1. The van der Waals surface area contributed by atoms with E-state index >= 15 is 0 Å². The number of ether oxygens (including phenoxy) is 1. The van der Waals surface area contributed by atoms with Crippen molar-refractivity contribution in [2.24, 2.45) is 7.05 Å². The highest BCUT2D eigenvalue weighted by Gasteiger charge is 2.29. The maximum absolute atomic E-state index is 12.7. The van der Waals surface area contributed by atoms with Gasteiger partial charge >= 0.3 is 0 Å². The Balaban J connectivity index is 1.57. The number of nitrogens with zero attached hydrogens (tertiary/aromatic N) is 4. The van der Waals surface area contributed by atoms with Crippen molar-refractivity contribution < 1.29 is 9.53 Å². The molecule has 0 bridgehead atoms. The van der Waals surface area contributed by atoms with Crippen LogP contribution < -0.4 is 4.74 Å². The van der Waals surface area contributed by atoms with Gasteiger partial charge in [-0.15, -0.1) is 10.2 Å². The fraction of sp³-hybridized carbons (Fsp3) is 0.526. The molecule has 1 saturated heterocycles. The summed E-state index contributed by atoms with van der Waals surface area (Å²) < 4.78 is 7.59. The van der Waals surface area contributed by atoms with Crippen LogP contribution >= 0.6 is 23.4 Å². The van der Waals surface area contributed by atoms with E-state index < -0.39 is 0 Å². The van der Waals surface area contributed by atoms with Gasteiger partial charge in [-0.3, -0.25) is 4.79 Å². The van der Waals surface area contributed by atoms with E-state index in [0.29, 0.717) is 39.6 Å². The van der Waals surface area contributed by atoms with E-state index in [1.54, 1.807) is 6.07 Å². The molecule has 27 heavy (non-hydrogen) atoms. The van der Waals surface area contributed by atoms with Crippen LogP contribution in [0.1, 0.15) is 38.9 Å². The van der Waals surface area contributed by atoms with Crippen molar-refractivity contribution in [1.29, 1.82) is 0 Å². The number of para-hydroxylation sites is 1. The molecule has 2 aromatic rings. The number of benzene rings is 1. The van der Waals surface area contributed by atoms with E-state index in [4.69, 9.17) is 16.3 Å². The summed E-state index contributed by atoms with van der Waals surface area (Å²) in [7, 11) is 1.88. The molecule has 146 valence electrons. The van der Waals surface area contributed by atoms with Gasteiger partial charge in [0.05, 0.1) is 10.8 Å². The highest BCUT2D eigenvalue weighted by Crippen LogP contribution is 2.26. The van der Waals surface area contributed by atoms with Crippen molar-refractivity contribution in [2.45, 2.75) is 57.0 Å². The maximum Gasteiger partial charge on any atom is 0.233 e. The second kappa shape index (κ2) is 8.97. The van der Waals surface area contributed by atoms with Gasteiger partial charge in [-0.05, 0) is 45.2 Å². The quantitative estimate of drug-likeness (QED) is 0.678. The van der Waals surface area contributed by atoms with Gasteiger partial charge in [-0.25, -0.2) is 0 Å². The molecule has 1 aromatic carbocycles. The van der Waals surface area contributed by atoms with Crippen molar-refractivity contribution in [3.8, 4) is 5.75 Å². The first kappa shape index (κ1) is 20.0. The summed E-state index contributed by atoms with van der Waals surface area (Å²) in [5.74, 6) is 1.83. The fourth-order valence-electron chi connectivity index (χ4n) is 3.41. The number of carbonyl (C=O) groups is 1. The highest BCUT2D eigenvalue weighted by atomic mass is 35.5. The zero-order valence-corrected chi connectivity index (χ0v) is 17.5. The molecule has 1 fully saturated rings. The third-order valence-corrected chi connectivity index (χ3v) is 6.24. The molecule has 1 aliphatic rings. The molecule has 8 heteroatoms. The number of hydrogen-bond donors (Lipinski definition) is 0. The third kappa shape index (κ3) is 4.76. The molecule has 2 atom stereocenters. The van der Waals surface area contributed by atoms with Gasteiger partial charge < -0.3 is 14.2 Å². The average molecular weight is 409 g/mol. The van der Waals surface area contributed by atoms with Crippen LogP contribution in [-0.4, -0.2) is 43.4 Å². The molecule has 6 nitrogen and oxygen atoms in total. The van der Waals surface area contributed by atoms with Gasteiger partial charge in [0, 0.05) is 19.1 Å². The smallest absolute Gasteiger partial charge is 0.233 e. The molecule has 0 spiro atoms. The van der Waals surface area contributed by atoms with Gasteiger partial charge in [0.2, 0.25) is 5.91 Å². The van der Waals surface area contributed by atoms with Gasteiger partial charge in [-0.2, -0.15) is 0 Å². The zero-order chi connectivity index (χ0) is 19.4. The summed E-state index contributed by atoms with van der Waals surface area (Å²) >= 11 is 7.52. The van der Waals surface area contributed by atoms with Crippen LogP contribution in [0.3, 0.4) is 0 Å². The molecule has 1 aromatic heterocycles. The molecular weight excluding hydrogens is 384 g/mol. The molecule has 1 aliphatic heterocycles. The summed E-state index contributed by atoms with van der Waals surface area (Å²) in [6.45, 7) is 4.53. The normalized spacial score (nSPS) is 19.9. The topological polar surface area (TPSA) is 60.3 Å². The SMILES string of the molecule is CC1CCCC(C)N1C(=O)CSc1nnc(COc2ccccc2Cl)n1C. The first-order chi connectivity index (χ1) is 13.0. The lowest BCUT2D eigenvalue weighted by molar-refractivity contribution is -0.134. The number of thioether (sulfide) groups is 1. The zero-order valence-electron chi connectivity index (χ0n) is 15.9. The number of amides is 1. The lowest BCUT2D eigenvalue weighted by Crippen LogP contribution is -2.48. The van der Waals surface area contributed by atoms with Crippen LogP contribution in [0.15, 0.2) is 29.4 Å². The summed E-state index contributed by atoms with van der Waals surface area (Å²) in [4.78, 5) is 14.7. The van der Waals surface area contributed by atoms with Gasteiger partial charge in [0.15, 0.2) is 11.0 Å². The van der Waals surface area contributed by atoms with E-state index in [0.717, 1.165) is 12.8 Å². The lowest BCUT2D eigenvalue weighted by atomic mass is 9.98. The van der Waals surface area contributed by atoms with E-state index in [1.165, 1.54) is 18.2 Å². The molecule has 0 radical (unpaired) electrons. The Labute approximate surface area is 169 Å². The van der Waals surface area contributed by atoms with Gasteiger partial charge in [-0.1, -0.05) is 35.5 Å². The molecule has 0 aliphatic carbocycles. The highest BCUT2D eigenvalue weighted by molar-refractivity contribution is 7.99. The van der Waals surface area contributed by atoms with Crippen molar-refractivity contribution >= 4 is 29.3 Å². The third-order valence-electron chi connectivity index (χ3n) is 4.92. The minimum absolute atomic E-state index is 0.163. The number of carbonyl (C=O) groups excluding carboxylic acids is 1. The first-order valence-corrected chi connectivity index (χ1v) is 10.5. The van der Waals surface area contributed by atoms with E-state index in [-0.39, 0.29) is 12.5 Å². The van der Waals surface area contributed by atoms with Gasteiger partial charge in [0.1, 0.15) is 12.4 Å². The number of hydrogen-bond acceptors (Lipinski definition) is 5. The maximum atomic E-state index is 12.7. The Kier molecular flexibility index (Phi) is 6.65. The van der Waals surface area contributed by atoms with Crippen LogP contribution in [0.4, 0.5) is 0 Å². The second-order valence-electron chi connectivity index (χ2n) is 6.90. The molecule has 2 unspecified atom stereocenters. The van der Waals surface area contributed by atoms with Crippen molar-refractivity contribution in [2.75, 3.05) is 5.75 Å². The summed E-state index contributed by atoms with van der Waals surface area (Å²) in [6.07, 6.45) is 3.35. The van der Waals surface area contributed by atoms with E-state index in [2.05, 4.69) is 24.0 Å². The average Bonchev–Trinajstić information content (AvgIpc) is 2.99.